The van der Waals surface area contributed by atoms with Gasteiger partial charge in [0.1, 0.15) is 0 Å². The maximum absolute atomic E-state index is 5.87. The molecular formula is C18H21ClN2S2. The number of rotatable bonds is 8. The van der Waals surface area contributed by atoms with E-state index in [9.17, 15) is 0 Å². The van der Waals surface area contributed by atoms with Crippen LogP contribution in [0.1, 0.15) is 11.1 Å². The molecule has 2 aromatic carbocycles. The molecule has 0 bridgehead atoms. The van der Waals surface area contributed by atoms with E-state index < -0.39 is 0 Å². The van der Waals surface area contributed by atoms with Crippen LogP contribution in [-0.2, 0) is 12.2 Å². The van der Waals surface area contributed by atoms with E-state index >= 15 is 0 Å². The molecule has 0 unspecified atom stereocenters. The van der Waals surface area contributed by atoms with Crippen molar-refractivity contribution in [3.63, 3.8) is 0 Å². The van der Waals surface area contributed by atoms with Crippen LogP contribution in [0.5, 0.6) is 0 Å². The standard InChI is InChI=1S/C18H21ClN2S2/c19-17-8-6-15(7-9-17)10-11-20-18(22)21-12-13-23-14-16-4-2-1-3-5-16/h1-9H,10-14H2,(H2,20,21,22). The smallest absolute Gasteiger partial charge is 0.166 e. The van der Waals surface area contributed by atoms with E-state index in [1.54, 1.807) is 0 Å². The predicted octanol–water partition coefficient (Wildman–Crippen LogP) is 4.28. The molecular weight excluding hydrogens is 344 g/mol. The van der Waals surface area contributed by atoms with Gasteiger partial charge in [0.2, 0.25) is 0 Å². The van der Waals surface area contributed by atoms with Crippen LogP contribution in [0.3, 0.4) is 0 Å². The van der Waals surface area contributed by atoms with E-state index in [4.69, 9.17) is 23.8 Å². The fraction of sp³-hybridized carbons (Fsp3) is 0.278. The van der Waals surface area contributed by atoms with Crippen molar-refractivity contribution < 1.29 is 0 Å². The van der Waals surface area contributed by atoms with Crippen molar-refractivity contribution in [1.82, 2.24) is 10.6 Å². The largest absolute Gasteiger partial charge is 0.362 e. The Bertz CT molecular complexity index is 588. The van der Waals surface area contributed by atoms with Crippen LogP contribution in [0.15, 0.2) is 54.6 Å². The second kappa shape index (κ2) is 10.5. The molecule has 122 valence electrons. The molecule has 23 heavy (non-hydrogen) atoms. The molecule has 0 aliphatic rings. The molecule has 0 aliphatic carbocycles. The van der Waals surface area contributed by atoms with Gasteiger partial charge in [0.05, 0.1) is 0 Å². The first-order valence-corrected chi connectivity index (χ1v) is 9.56. The quantitative estimate of drug-likeness (QED) is 0.539. The molecule has 2 rings (SSSR count). The molecule has 0 heterocycles. The lowest BCUT2D eigenvalue weighted by atomic mass is 10.1. The summed E-state index contributed by atoms with van der Waals surface area (Å²) in [6.07, 6.45) is 0.932. The number of benzene rings is 2. The number of halogens is 1. The first kappa shape index (κ1) is 18.1. The second-order valence-corrected chi connectivity index (χ2v) is 7.05. The highest BCUT2D eigenvalue weighted by molar-refractivity contribution is 7.98. The summed E-state index contributed by atoms with van der Waals surface area (Å²) in [5.41, 5.74) is 2.62. The summed E-state index contributed by atoms with van der Waals surface area (Å²) in [6.45, 7) is 1.70. The maximum atomic E-state index is 5.87. The summed E-state index contributed by atoms with van der Waals surface area (Å²) in [6, 6.07) is 18.4. The van der Waals surface area contributed by atoms with E-state index in [2.05, 4.69) is 34.9 Å². The molecule has 0 saturated carbocycles. The first-order valence-electron chi connectivity index (χ1n) is 7.62. The highest BCUT2D eigenvalue weighted by atomic mass is 35.5. The van der Waals surface area contributed by atoms with Gasteiger partial charge >= 0.3 is 0 Å². The van der Waals surface area contributed by atoms with Crippen LogP contribution in [0.25, 0.3) is 0 Å². The molecule has 0 spiro atoms. The molecule has 5 heteroatoms. The Balaban J connectivity index is 1.51. The molecule has 0 amide bonds. The third kappa shape index (κ3) is 7.73. The van der Waals surface area contributed by atoms with E-state index in [0.717, 1.165) is 41.2 Å². The minimum atomic E-state index is 0.722. The van der Waals surface area contributed by atoms with Crippen molar-refractivity contribution >= 4 is 40.7 Å². The van der Waals surface area contributed by atoms with Crippen LogP contribution < -0.4 is 10.6 Å². The van der Waals surface area contributed by atoms with Gasteiger partial charge in [-0.2, -0.15) is 11.8 Å². The molecule has 0 aliphatic heterocycles. The average Bonchev–Trinajstić information content (AvgIpc) is 2.57. The third-order valence-corrected chi connectivity index (χ3v) is 4.83. The highest BCUT2D eigenvalue weighted by Crippen LogP contribution is 2.11. The van der Waals surface area contributed by atoms with Crippen molar-refractivity contribution in [3.05, 3.63) is 70.7 Å². The van der Waals surface area contributed by atoms with E-state index in [-0.39, 0.29) is 0 Å². The topological polar surface area (TPSA) is 24.1 Å². The second-order valence-electron chi connectivity index (χ2n) is 5.10. The minimum Gasteiger partial charge on any atom is -0.362 e. The van der Waals surface area contributed by atoms with E-state index in [0.29, 0.717) is 0 Å². The zero-order valence-corrected chi connectivity index (χ0v) is 15.3. The summed E-state index contributed by atoms with van der Waals surface area (Å²) >= 11 is 13.1. The molecule has 0 radical (unpaired) electrons. The summed E-state index contributed by atoms with van der Waals surface area (Å²) in [5, 5.41) is 7.97. The molecule has 0 atom stereocenters. The van der Waals surface area contributed by atoms with Crippen LogP contribution in [0.4, 0.5) is 0 Å². The number of hydrogen-bond acceptors (Lipinski definition) is 2. The van der Waals surface area contributed by atoms with Crippen molar-refractivity contribution in [1.29, 1.82) is 0 Å². The van der Waals surface area contributed by atoms with Crippen molar-refractivity contribution in [3.8, 4) is 0 Å². The zero-order valence-electron chi connectivity index (χ0n) is 12.9. The van der Waals surface area contributed by atoms with Gasteiger partial charge in [-0.25, -0.2) is 0 Å². The lowest BCUT2D eigenvalue weighted by Crippen LogP contribution is -2.37. The molecule has 0 fully saturated rings. The third-order valence-electron chi connectivity index (χ3n) is 3.26. The maximum Gasteiger partial charge on any atom is 0.166 e. The van der Waals surface area contributed by atoms with Crippen LogP contribution in [0, 0.1) is 0 Å². The zero-order chi connectivity index (χ0) is 16.3. The van der Waals surface area contributed by atoms with Crippen molar-refractivity contribution in [2.45, 2.75) is 12.2 Å². The first-order chi connectivity index (χ1) is 11.2. The lowest BCUT2D eigenvalue weighted by molar-refractivity contribution is 0.831. The Morgan fingerprint density at radius 2 is 1.61 bits per heavy atom. The fourth-order valence-electron chi connectivity index (χ4n) is 2.03. The van der Waals surface area contributed by atoms with Crippen LogP contribution in [0.2, 0.25) is 5.02 Å². The summed E-state index contributed by atoms with van der Waals surface area (Å²) < 4.78 is 0. The predicted molar refractivity (Wildman–Crippen MR) is 106 cm³/mol. The van der Waals surface area contributed by atoms with Crippen molar-refractivity contribution in [2.75, 3.05) is 18.8 Å². The normalized spacial score (nSPS) is 10.3. The number of nitrogens with one attached hydrogen (secondary N) is 2. The van der Waals surface area contributed by atoms with Gasteiger partial charge < -0.3 is 10.6 Å². The summed E-state index contributed by atoms with van der Waals surface area (Å²) in [7, 11) is 0. The van der Waals surface area contributed by atoms with Gasteiger partial charge in [-0.05, 0) is 41.9 Å². The Labute approximate surface area is 153 Å². The molecule has 2 aromatic rings. The molecule has 2 nitrogen and oxygen atoms in total. The number of thioether (sulfide) groups is 1. The van der Waals surface area contributed by atoms with Gasteiger partial charge in [-0.1, -0.05) is 54.1 Å². The van der Waals surface area contributed by atoms with Gasteiger partial charge in [0, 0.05) is 29.6 Å². The van der Waals surface area contributed by atoms with Gasteiger partial charge in [0.15, 0.2) is 5.11 Å². The number of thiocarbonyl (C=S) groups is 1. The van der Waals surface area contributed by atoms with E-state index in [1.165, 1.54) is 11.1 Å². The average molecular weight is 365 g/mol. The summed E-state index contributed by atoms with van der Waals surface area (Å²) in [5.74, 6) is 2.08. The van der Waals surface area contributed by atoms with Crippen LogP contribution >= 0.6 is 35.6 Å². The number of hydrogen-bond donors (Lipinski definition) is 2. The van der Waals surface area contributed by atoms with Gasteiger partial charge in [0.25, 0.3) is 0 Å². The minimum absolute atomic E-state index is 0.722. The van der Waals surface area contributed by atoms with Crippen molar-refractivity contribution in [2.24, 2.45) is 0 Å². The lowest BCUT2D eigenvalue weighted by Gasteiger charge is -2.10. The molecule has 2 N–H and O–H groups in total. The molecule has 0 saturated heterocycles. The molecule has 0 aromatic heterocycles. The van der Waals surface area contributed by atoms with Gasteiger partial charge in [-0.3, -0.25) is 0 Å². The fourth-order valence-corrected chi connectivity index (χ4v) is 3.18. The van der Waals surface area contributed by atoms with Gasteiger partial charge in [-0.15, -0.1) is 0 Å². The Hall–Kier alpha value is -1.23. The highest BCUT2D eigenvalue weighted by Gasteiger charge is 1.97. The Kier molecular flexibility index (Phi) is 8.29. The monoisotopic (exact) mass is 364 g/mol. The Morgan fingerprint density at radius 1 is 0.913 bits per heavy atom. The summed E-state index contributed by atoms with van der Waals surface area (Å²) in [4.78, 5) is 0. The Morgan fingerprint density at radius 3 is 2.35 bits per heavy atom. The van der Waals surface area contributed by atoms with E-state index in [1.807, 2.05) is 42.1 Å². The SMILES string of the molecule is S=C(NCCSCc1ccccc1)NCCc1ccc(Cl)cc1. The van der Waals surface area contributed by atoms with Crippen LogP contribution in [-0.4, -0.2) is 24.0 Å².